The molecule has 0 bridgehead atoms. The third-order valence-corrected chi connectivity index (χ3v) is 2.10. The van der Waals surface area contributed by atoms with Gasteiger partial charge in [-0.25, -0.2) is 8.78 Å². The van der Waals surface area contributed by atoms with Gasteiger partial charge >= 0.3 is 0 Å². The van der Waals surface area contributed by atoms with Crippen molar-refractivity contribution >= 4 is 17.5 Å². The van der Waals surface area contributed by atoms with E-state index >= 15 is 0 Å². The van der Waals surface area contributed by atoms with Crippen molar-refractivity contribution in [2.75, 3.05) is 19.5 Å². The lowest BCUT2D eigenvalue weighted by Gasteiger charge is -2.15. The molecule has 15 heavy (non-hydrogen) atoms. The Hall–Kier alpha value is -1.16. The van der Waals surface area contributed by atoms with Crippen molar-refractivity contribution in [1.82, 2.24) is 4.90 Å². The van der Waals surface area contributed by atoms with Crippen LogP contribution < -0.4 is 0 Å². The standard InChI is InChI=1S/C10H10ClF2NO/c1-14(5-4-11)10(15)8-3-2-7(12)6-9(8)13/h2-3,6H,4-5H2,1H3. The summed E-state index contributed by atoms with van der Waals surface area (Å²) in [6.45, 7) is 0.317. The molecule has 0 heterocycles. The highest BCUT2D eigenvalue weighted by Crippen LogP contribution is 2.11. The summed E-state index contributed by atoms with van der Waals surface area (Å²) in [5.74, 6) is -1.80. The number of rotatable bonds is 3. The van der Waals surface area contributed by atoms with Crippen molar-refractivity contribution in [3.8, 4) is 0 Å². The van der Waals surface area contributed by atoms with Gasteiger partial charge in [-0.15, -0.1) is 11.6 Å². The van der Waals surface area contributed by atoms with Crippen molar-refractivity contribution in [3.05, 3.63) is 35.4 Å². The van der Waals surface area contributed by atoms with Crippen LogP contribution in [0.2, 0.25) is 0 Å². The molecule has 0 saturated heterocycles. The van der Waals surface area contributed by atoms with Gasteiger partial charge in [0.1, 0.15) is 11.6 Å². The van der Waals surface area contributed by atoms with E-state index in [0.717, 1.165) is 12.1 Å². The van der Waals surface area contributed by atoms with Crippen molar-refractivity contribution in [1.29, 1.82) is 0 Å². The lowest BCUT2D eigenvalue weighted by Crippen LogP contribution is -2.29. The van der Waals surface area contributed by atoms with Crippen LogP contribution in [-0.2, 0) is 0 Å². The van der Waals surface area contributed by atoms with Gasteiger partial charge in [-0.3, -0.25) is 4.79 Å². The summed E-state index contributed by atoms with van der Waals surface area (Å²) in [6.07, 6.45) is 0. The Bertz CT molecular complexity index is 370. The first kappa shape index (κ1) is 11.9. The molecule has 0 N–H and O–H groups in total. The van der Waals surface area contributed by atoms with Crippen LogP contribution in [0.5, 0.6) is 0 Å². The maximum absolute atomic E-state index is 13.2. The number of amides is 1. The fraction of sp³-hybridized carbons (Fsp3) is 0.300. The van der Waals surface area contributed by atoms with Gasteiger partial charge in [-0.1, -0.05) is 0 Å². The Morgan fingerprint density at radius 2 is 2.13 bits per heavy atom. The maximum atomic E-state index is 13.2. The summed E-state index contributed by atoms with van der Waals surface area (Å²) in [5, 5.41) is 0. The molecule has 2 nitrogen and oxygen atoms in total. The maximum Gasteiger partial charge on any atom is 0.256 e. The molecule has 0 radical (unpaired) electrons. The van der Waals surface area contributed by atoms with E-state index in [1.54, 1.807) is 0 Å². The molecule has 0 unspecified atom stereocenters. The summed E-state index contributed by atoms with van der Waals surface area (Å²) >= 11 is 5.45. The van der Waals surface area contributed by atoms with Gasteiger partial charge in [-0.2, -0.15) is 0 Å². The number of benzene rings is 1. The minimum Gasteiger partial charge on any atom is -0.340 e. The summed E-state index contributed by atoms with van der Waals surface area (Å²) in [7, 11) is 1.51. The first-order valence-corrected chi connectivity index (χ1v) is 4.86. The normalized spacial score (nSPS) is 10.1. The van der Waals surface area contributed by atoms with Gasteiger partial charge in [0, 0.05) is 25.5 Å². The second-order valence-corrected chi connectivity index (χ2v) is 3.42. The fourth-order valence-electron chi connectivity index (χ4n) is 1.10. The molecular formula is C10H10ClF2NO. The van der Waals surface area contributed by atoms with E-state index < -0.39 is 17.5 Å². The molecule has 0 aliphatic carbocycles. The molecule has 1 aromatic carbocycles. The predicted molar refractivity (Wildman–Crippen MR) is 54.0 cm³/mol. The van der Waals surface area contributed by atoms with Crippen molar-refractivity contribution in [2.24, 2.45) is 0 Å². The SMILES string of the molecule is CN(CCCl)C(=O)c1ccc(F)cc1F. The molecule has 1 rings (SSSR count). The van der Waals surface area contributed by atoms with Crippen LogP contribution in [0.25, 0.3) is 0 Å². The van der Waals surface area contributed by atoms with Crippen LogP contribution in [0.1, 0.15) is 10.4 Å². The van der Waals surface area contributed by atoms with Crippen molar-refractivity contribution < 1.29 is 13.6 Å². The number of halogens is 3. The van der Waals surface area contributed by atoms with E-state index in [9.17, 15) is 13.6 Å². The molecular weight excluding hydrogens is 224 g/mol. The summed E-state index contributed by atoms with van der Waals surface area (Å²) in [4.78, 5) is 12.9. The zero-order valence-corrected chi connectivity index (χ0v) is 8.89. The third kappa shape index (κ3) is 2.89. The quantitative estimate of drug-likeness (QED) is 0.734. The summed E-state index contributed by atoms with van der Waals surface area (Å²) in [6, 6.07) is 2.85. The average molecular weight is 234 g/mol. The van der Waals surface area contributed by atoms with Crippen LogP contribution >= 0.6 is 11.6 Å². The van der Waals surface area contributed by atoms with Crippen LogP contribution in [0, 0.1) is 11.6 Å². The Labute approximate surface area is 91.4 Å². The smallest absolute Gasteiger partial charge is 0.256 e. The molecule has 1 aromatic rings. The van der Waals surface area contributed by atoms with Crippen LogP contribution in [-0.4, -0.2) is 30.3 Å². The number of nitrogens with zero attached hydrogens (tertiary/aromatic N) is 1. The van der Waals surface area contributed by atoms with E-state index in [1.165, 1.54) is 11.9 Å². The number of hydrogen-bond donors (Lipinski definition) is 0. The molecule has 82 valence electrons. The Balaban J connectivity index is 2.91. The Kier molecular flexibility index (Phi) is 4.03. The Morgan fingerprint density at radius 3 is 2.67 bits per heavy atom. The highest BCUT2D eigenvalue weighted by molar-refractivity contribution is 6.18. The molecule has 0 aromatic heterocycles. The van der Waals surface area contributed by atoms with Crippen molar-refractivity contribution in [2.45, 2.75) is 0 Å². The summed E-state index contributed by atoms with van der Waals surface area (Å²) in [5.41, 5.74) is -0.149. The molecule has 0 aliphatic heterocycles. The summed E-state index contributed by atoms with van der Waals surface area (Å²) < 4.78 is 25.8. The number of alkyl halides is 1. The van der Waals surface area contributed by atoms with Crippen molar-refractivity contribution in [3.63, 3.8) is 0 Å². The largest absolute Gasteiger partial charge is 0.340 e. The van der Waals surface area contributed by atoms with E-state index in [4.69, 9.17) is 11.6 Å². The van der Waals surface area contributed by atoms with Crippen LogP contribution in [0.4, 0.5) is 8.78 Å². The van der Waals surface area contributed by atoms with Gasteiger partial charge in [0.15, 0.2) is 0 Å². The first-order chi connectivity index (χ1) is 7.06. The lowest BCUT2D eigenvalue weighted by molar-refractivity contribution is 0.0798. The zero-order valence-electron chi connectivity index (χ0n) is 8.14. The van der Waals surface area contributed by atoms with Crippen LogP contribution in [0.3, 0.4) is 0 Å². The number of carbonyl (C=O) groups excluding carboxylic acids is 1. The van der Waals surface area contributed by atoms with Gasteiger partial charge in [0.2, 0.25) is 0 Å². The molecule has 5 heteroatoms. The van der Waals surface area contributed by atoms with Gasteiger partial charge in [0.05, 0.1) is 5.56 Å². The fourth-order valence-corrected chi connectivity index (χ4v) is 1.35. The molecule has 0 spiro atoms. The molecule has 0 saturated carbocycles. The van der Waals surface area contributed by atoms with Gasteiger partial charge in [-0.05, 0) is 12.1 Å². The number of carbonyl (C=O) groups is 1. The highest BCUT2D eigenvalue weighted by Gasteiger charge is 2.15. The first-order valence-electron chi connectivity index (χ1n) is 4.32. The van der Waals surface area contributed by atoms with E-state index in [1.807, 2.05) is 0 Å². The molecule has 1 amide bonds. The number of hydrogen-bond acceptors (Lipinski definition) is 1. The minimum absolute atomic E-state index is 0.149. The predicted octanol–water partition coefficient (Wildman–Crippen LogP) is 2.28. The van der Waals surface area contributed by atoms with E-state index in [-0.39, 0.29) is 11.4 Å². The van der Waals surface area contributed by atoms with E-state index in [2.05, 4.69) is 0 Å². The van der Waals surface area contributed by atoms with E-state index in [0.29, 0.717) is 12.6 Å². The second kappa shape index (κ2) is 5.07. The minimum atomic E-state index is -0.860. The average Bonchev–Trinajstić information content (AvgIpc) is 2.17. The van der Waals surface area contributed by atoms with Gasteiger partial charge < -0.3 is 4.90 Å². The molecule has 0 atom stereocenters. The highest BCUT2D eigenvalue weighted by atomic mass is 35.5. The zero-order chi connectivity index (χ0) is 11.4. The third-order valence-electron chi connectivity index (χ3n) is 1.93. The van der Waals surface area contributed by atoms with Gasteiger partial charge in [0.25, 0.3) is 5.91 Å². The second-order valence-electron chi connectivity index (χ2n) is 3.04. The van der Waals surface area contributed by atoms with Crippen LogP contribution in [0.15, 0.2) is 18.2 Å². The topological polar surface area (TPSA) is 20.3 Å². The molecule has 0 fully saturated rings. The monoisotopic (exact) mass is 233 g/mol. The lowest BCUT2D eigenvalue weighted by atomic mass is 10.2. The Morgan fingerprint density at radius 1 is 1.47 bits per heavy atom. The molecule has 0 aliphatic rings.